The summed E-state index contributed by atoms with van der Waals surface area (Å²) < 4.78 is 0. The number of nitrogens with one attached hydrogen (secondary N) is 1. The predicted molar refractivity (Wildman–Crippen MR) is 72.3 cm³/mol. The third-order valence-corrected chi connectivity index (χ3v) is 3.63. The lowest BCUT2D eigenvalue weighted by Crippen LogP contribution is -2.33. The Morgan fingerprint density at radius 3 is 2.89 bits per heavy atom. The van der Waals surface area contributed by atoms with Crippen molar-refractivity contribution in [3.8, 4) is 0 Å². The minimum atomic E-state index is -0.298. The topological polar surface area (TPSA) is 84.1 Å². The van der Waals surface area contributed by atoms with Gasteiger partial charge in [-0.1, -0.05) is 26.2 Å². The number of aromatic nitrogens is 2. The summed E-state index contributed by atoms with van der Waals surface area (Å²) in [6, 6.07) is 0.0760. The van der Waals surface area contributed by atoms with Gasteiger partial charge >= 0.3 is 0 Å². The van der Waals surface area contributed by atoms with Crippen LogP contribution in [-0.4, -0.2) is 27.2 Å². The van der Waals surface area contributed by atoms with E-state index >= 15 is 0 Å². The second-order valence-electron chi connectivity index (χ2n) is 4.90. The lowest BCUT2D eigenvalue weighted by atomic mass is 10.1. The van der Waals surface area contributed by atoms with Crippen molar-refractivity contribution in [1.29, 1.82) is 0 Å². The van der Waals surface area contributed by atoms with Crippen molar-refractivity contribution in [3.05, 3.63) is 11.9 Å². The molecule has 0 aliphatic heterocycles. The highest BCUT2D eigenvalue weighted by atomic mass is 16.3. The standard InChI is InChI=1S/C13H22N4O/c1-2-9-12(14)15-8-16-13(9)17-10-6-4-3-5-7-11(10)18/h8,10-11,18H,2-7H2,1H3,(H3,14,15,16,17). The van der Waals surface area contributed by atoms with Gasteiger partial charge in [0.15, 0.2) is 0 Å². The molecule has 100 valence electrons. The molecule has 2 atom stereocenters. The molecule has 1 fully saturated rings. The van der Waals surface area contributed by atoms with Gasteiger partial charge in [0.25, 0.3) is 0 Å². The van der Waals surface area contributed by atoms with Gasteiger partial charge in [-0.3, -0.25) is 0 Å². The van der Waals surface area contributed by atoms with Crippen LogP contribution in [0.25, 0.3) is 0 Å². The van der Waals surface area contributed by atoms with E-state index in [1.54, 1.807) is 0 Å². The normalized spacial score (nSPS) is 24.6. The SMILES string of the molecule is CCc1c(N)ncnc1NC1CCCCCC1O. The Morgan fingerprint density at radius 2 is 2.11 bits per heavy atom. The third kappa shape index (κ3) is 2.90. The van der Waals surface area contributed by atoms with Crippen molar-refractivity contribution >= 4 is 11.6 Å². The summed E-state index contributed by atoms with van der Waals surface area (Å²) in [5.41, 5.74) is 6.79. The molecule has 1 aliphatic rings. The molecule has 5 nitrogen and oxygen atoms in total. The van der Waals surface area contributed by atoms with Gasteiger partial charge < -0.3 is 16.2 Å². The number of nitrogens with zero attached hydrogens (tertiary/aromatic N) is 2. The van der Waals surface area contributed by atoms with Gasteiger partial charge in [0, 0.05) is 5.56 Å². The zero-order chi connectivity index (χ0) is 13.0. The molecule has 0 spiro atoms. The van der Waals surface area contributed by atoms with Crippen molar-refractivity contribution in [1.82, 2.24) is 9.97 Å². The van der Waals surface area contributed by atoms with Gasteiger partial charge in [-0.05, 0) is 19.3 Å². The number of aliphatic hydroxyl groups excluding tert-OH is 1. The lowest BCUT2D eigenvalue weighted by Gasteiger charge is -2.23. The molecule has 1 saturated carbocycles. The summed E-state index contributed by atoms with van der Waals surface area (Å²) in [7, 11) is 0. The quantitative estimate of drug-likeness (QED) is 0.711. The summed E-state index contributed by atoms with van der Waals surface area (Å²) in [6.45, 7) is 2.03. The molecule has 1 aliphatic carbocycles. The highest BCUT2D eigenvalue weighted by Gasteiger charge is 2.22. The fraction of sp³-hybridized carbons (Fsp3) is 0.692. The lowest BCUT2D eigenvalue weighted by molar-refractivity contribution is 0.144. The average Bonchev–Trinajstić information content (AvgIpc) is 2.55. The molecular formula is C13H22N4O. The minimum Gasteiger partial charge on any atom is -0.391 e. The van der Waals surface area contributed by atoms with Gasteiger partial charge in [0.2, 0.25) is 0 Å². The molecule has 5 heteroatoms. The molecule has 1 aromatic heterocycles. The Labute approximate surface area is 108 Å². The maximum atomic E-state index is 10.1. The van der Waals surface area contributed by atoms with Crippen molar-refractivity contribution in [2.75, 3.05) is 11.1 Å². The van der Waals surface area contributed by atoms with Crippen molar-refractivity contribution in [2.45, 2.75) is 57.6 Å². The van der Waals surface area contributed by atoms with Crippen LogP contribution in [0.4, 0.5) is 11.6 Å². The molecule has 4 N–H and O–H groups in total. The maximum Gasteiger partial charge on any atom is 0.135 e. The van der Waals surface area contributed by atoms with E-state index < -0.39 is 0 Å². The Balaban J connectivity index is 2.14. The van der Waals surface area contributed by atoms with Crippen LogP contribution in [-0.2, 0) is 6.42 Å². The largest absolute Gasteiger partial charge is 0.391 e. The van der Waals surface area contributed by atoms with E-state index in [4.69, 9.17) is 5.73 Å². The Bertz CT molecular complexity index is 397. The van der Waals surface area contributed by atoms with Crippen LogP contribution in [0.5, 0.6) is 0 Å². The Hall–Kier alpha value is -1.36. The van der Waals surface area contributed by atoms with Crippen LogP contribution < -0.4 is 11.1 Å². The first-order valence-electron chi connectivity index (χ1n) is 6.76. The second-order valence-corrected chi connectivity index (χ2v) is 4.90. The summed E-state index contributed by atoms with van der Waals surface area (Å²) in [6.07, 6.45) is 7.25. The van der Waals surface area contributed by atoms with Crippen LogP contribution in [0.3, 0.4) is 0 Å². The van der Waals surface area contributed by atoms with Crippen molar-refractivity contribution in [2.24, 2.45) is 0 Å². The monoisotopic (exact) mass is 250 g/mol. The fourth-order valence-electron chi connectivity index (χ4n) is 2.53. The second kappa shape index (κ2) is 6.00. The highest BCUT2D eigenvalue weighted by Crippen LogP contribution is 2.24. The van der Waals surface area contributed by atoms with Gasteiger partial charge in [-0.15, -0.1) is 0 Å². The molecule has 1 aromatic rings. The van der Waals surface area contributed by atoms with Crippen LogP contribution in [0.2, 0.25) is 0 Å². The number of nitrogens with two attached hydrogens (primary N) is 1. The molecular weight excluding hydrogens is 228 g/mol. The van der Waals surface area contributed by atoms with E-state index in [-0.39, 0.29) is 12.1 Å². The highest BCUT2D eigenvalue weighted by molar-refractivity contribution is 5.55. The number of aliphatic hydroxyl groups is 1. The van der Waals surface area contributed by atoms with E-state index in [1.165, 1.54) is 12.7 Å². The molecule has 18 heavy (non-hydrogen) atoms. The Kier molecular flexibility index (Phi) is 4.36. The van der Waals surface area contributed by atoms with E-state index in [9.17, 15) is 5.11 Å². The van der Waals surface area contributed by atoms with E-state index in [2.05, 4.69) is 15.3 Å². The zero-order valence-corrected chi connectivity index (χ0v) is 10.9. The maximum absolute atomic E-state index is 10.1. The van der Waals surface area contributed by atoms with Crippen molar-refractivity contribution < 1.29 is 5.11 Å². The Morgan fingerprint density at radius 1 is 1.33 bits per heavy atom. The van der Waals surface area contributed by atoms with Crippen LogP contribution >= 0.6 is 0 Å². The van der Waals surface area contributed by atoms with E-state index in [1.807, 2.05) is 6.92 Å². The number of anilines is 2. The van der Waals surface area contributed by atoms with Gasteiger partial charge in [-0.25, -0.2) is 9.97 Å². The smallest absolute Gasteiger partial charge is 0.135 e. The number of hydrogen-bond acceptors (Lipinski definition) is 5. The molecule has 0 saturated heterocycles. The number of rotatable bonds is 3. The van der Waals surface area contributed by atoms with Gasteiger partial charge in [0.1, 0.15) is 18.0 Å². The first kappa shape index (κ1) is 13.1. The molecule has 1 heterocycles. The predicted octanol–water partition coefficient (Wildman–Crippen LogP) is 1.73. The van der Waals surface area contributed by atoms with Crippen LogP contribution in [0, 0.1) is 0 Å². The van der Waals surface area contributed by atoms with Crippen LogP contribution in [0.1, 0.15) is 44.6 Å². The molecule has 2 rings (SSSR count). The fourth-order valence-corrected chi connectivity index (χ4v) is 2.53. The number of nitrogen functional groups attached to an aromatic ring is 1. The average molecular weight is 250 g/mol. The van der Waals surface area contributed by atoms with Crippen LogP contribution in [0.15, 0.2) is 6.33 Å². The first-order chi connectivity index (χ1) is 8.72. The molecule has 0 bridgehead atoms. The summed E-state index contributed by atoms with van der Waals surface area (Å²) in [5, 5.41) is 13.5. The van der Waals surface area contributed by atoms with E-state index in [0.717, 1.165) is 43.5 Å². The summed E-state index contributed by atoms with van der Waals surface area (Å²) in [4.78, 5) is 8.26. The van der Waals surface area contributed by atoms with Gasteiger partial charge in [0.05, 0.1) is 12.1 Å². The molecule has 2 unspecified atom stereocenters. The molecule has 0 aromatic carbocycles. The van der Waals surface area contributed by atoms with Gasteiger partial charge in [-0.2, -0.15) is 0 Å². The number of hydrogen-bond donors (Lipinski definition) is 3. The van der Waals surface area contributed by atoms with Crippen molar-refractivity contribution in [3.63, 3.8) is 0 Å². The first-order valence-corrected chi connectivity index (χ1v) is 6.76. The summed E-state index contributed by atoms with van der Waals surface area (Å²) >= 11 is 0. The minimum absolute atomic E-state index is 0.0760. The summed E-state index contributed by atoms with van der Waals surface area (Å²) in [5.74, 6) is 1.30. The zero-order valence-electron chi connectivity index (χ0n) is 10.9. The third-order valence-electron chi connectivity index (χ3n) is 3.63. The van der Waals surface area contributed by atoms with E-state index in [0.29, 0.717) is 5.82 Å². The molecule has 0 amide bonds. The molecule has 0 radical (unpaired) electrons.